The fourth-order valence-corrected chi connectivity index (χ4v) is 2.44. The molecule has 0 aromatic carbocycles. The van der Waals surface area contributed by atoms with E-state index in [0.29, 0.717) is 0 Å². The van der Waals surface area contributed by atoms with Gasteiger partial charge in [0, 0.05) is 0 Å². The molecule has 2 unspecified atom stereocenters. The standard InChI is InChI=1S/C10H2F12/c11-5-1-2-6(12,10(21,22)9(5,19)20)4(8(16,17)18)3(5)7(13,14)15/h1-2H. The van der Waals surface area contributed by atoms with E-state index in [1.807, 2.05) is 0 Å². The van der Waals surface area contributed by atoms with Gasteiger partial charge < -0.3 is 0 Å². The second-order valence-corrected chi connectivity index (χ2v) is 4.65. The Hall–Kier alpha value is -1.36. The molecule has 126 valence electrons. The Balaban J connectivity index is 3.02. The molecule has 0 saturated carbocycles. The van der Waals surface area contributed by atoms with E-state index in [4.69, 9.17) is 0 Å². The number of hydrogen-bond donors (Lipinski definition) is 0. The molecule has 0 aromatic rings. The highest BCUT2D eigenvalue weighted by atomic mass is 19.4. The fraction of sp³-hybridized carbons (Fsp3) is 0.600. The predicted octanol–water partition coefficient (Wildman–Crippen LogP) is 4.68. The molecule has 2 atom stereocenters. The second kappa shape index (κ2) is 3.75. The molecule has 3 aliphatic rings. The molecule has 3 aliphatic carbocycles. The third-order valence-electron chi connectivity index (χ3n) is 3.40. The van der Waals surface area contributed by atoms with Gasteiger partial charge in [-0.25, -0.2) is 8.78 Å². The molecule has 0 amide bonds. The van der Waals surface area contributed by atoms with Gasteiger partial charge in [-0.3, -0.25) is 0 Å². The van der Waals surface area contributed by atoms with Crippen molar-refractivity contribution < 1.29 is 52.7 Å². The van der Waals surface area contributed by atoms with Crippen molar-refractivity contribution in [1.29, 1.82) is 0 Å². The molecule has 3 rings (SSSR count). The number of fused-ring (bicyclic) bond motifs is 1. The maximum atomic E-state index is 14.0. The Labute approximate surface area is 113 Å². The van der Waals surface area contributed by atoms with Crippen LogP contribution in [-0.4, -0.2) is 35.5 Å². The lowest BCUT2D eigenvalue weighted by atomic mass is 9.62. The summed E-state index contributed by atoms with van der Waals surface area (Å²) in [4.78, 5) is 0. The van der Waals surface area contributed by atoms with Gasteiger partial charge in [0.1, 0.15) is 0 Å². The zero-order valence-corrected chi connectivity index (χ0v) is 9.69. The van der Waals surface area contributed by atoms with E-state index >= 15 is 0 Å². The summed E-state index contributed by atoms with van der Waals surface area (Å²) >= 11 is 0. The highest BCUT2D eigenvalue weighted by Gasteiger charge is 2.89. The summed E-state index contributed by atoms with van der Waals surface area (Å²) in [7, 11) is 0. The molecule has 0 saturated heterocycles. The second-order valence-electron chi connectivity index (χ2n) is 4.65. The first-order chi connectivity index (χ1) is 9.45. The van der Waals surface area contributed by atoms with Crippen LogP contribution in [0.4, 0.5) is 52.7 Å². The maximum Gasteiger partial charge on any atom is 0.416 e. The Kier molecular flexibility index (Phi) is 2.90. The van der Waals surface area contributed by atoms with E-state index in [0.717, 1.165) is 0 Å². The predicted molar refractivity (Wildman–Crippen MR) is 45.8 cm³/mol. The highest BCUT2D eigenvalue weighted by molar-refractivity contribution is 5.57. The van der Waals surface area contributed by atoms with Crippen LogP contribution in [0.3, 0.4) is 0 Å². The van der Waals surface area contributed by atoms with E-state index in [1.54, 1.807) is 0 Å². The average Bonchev–Trinajstić information content (AvgIpc) is 2.26. The maximum absolute atomic E-state index is 14.0. The van der Waals surface area contributed by atoms with Gasteiger partial charge in [-0.2, -0.15) is 43.9 Å². The molecule has 0 fully saturated rings. The number of alkyl halides is 12. The fourth-order valence-electron chi connectivity index (χ4n) is 2.44. The molecule has 0 N–H and O–H groups in total. The third kappa shape index (κ3) is 1.58. The first-order valence-electron chi connectivity index (χ1n) is 5.18. The van der Waals surface area contributed by atoms with Crippen LogP contribution in [0.25, 0.3) is 0 Å². The lowest BCUT2D eigenvalue weighted by Gasteiger charge is -2.52. The van der Waals surface area contributed by atoms with Crippen molar-refractivity contribution in [3.63, 3.8) is 0 Å². The van der Waals surface area contributed by atoms with E-state index in [1.165, 1.54) is 0 Å². The molecule has 0 heterocycles. The Morgan fingerprint density at radius 1 is 0.545 bits per heavy atom. The number of halogens is 12. The largest absolute Gasteiger partial charge is 0.416 e. The Morgan fingerprint density at radius 3 is 0.955 bits per heavy atom. The van der Waals surface area contributed by atoms with Gasteiger partial charge in [0.05, 0.1) is 11.1 Å². The Bertz CT molecular complexity index is 526. The summed E-state index contributed by atoms with van der Waals surface area (Å²) in [6.07, 6.45) is -14.8. The van der Waals surface area contributed by atoms with Crippen LogP contribution in [0.1, 0.15) is 0 Å². The van der Waals surface area contributed by atoms with Gasteiger partial charge in [0.25, 0.3) is 0 Å². The molecule has 2 bridgehead atoms. The monoisotopic (exact) mass is 350 g/mol. The summed E-state index contributed by atoms with van der Waals surface area (Å²) < 4.78 is 157. The van der Waals surface area contributed by atoms with Crippen LogP contribution >= 0.6 is 0 Å². The van der Waals surface area contributed by atoms with Gasteiger partial charge in [-0.05, 0) is 12.2 Å². The van der Waals surface area contributed by atoms with Crippen LogP contribution < -0.4 is 0 Å². The van der Waals surface area contributed by atoms with Crippen molar-refractivity contribution in [2.24, 2.45) is 0 Å². The van der Waals surface area contributed by atoms with Crippen molar-refractivity contribution in [3.8, 4) is 0 Å². The van der Waals surface area contributed by atoms with Crippen LogP contribution in [0.2, 0.25) is 0 Å². The zero-order chi connectivity index (χ0) is 17.6. The van der Waals surface area contributed by atoms with Crippen molar-refractivity contribution in [2.45, 2.75) is 35.5 Å². The smallest absolute Gasteiger partial charge is 0.227 e. The molecule has 0 nitrogen and oxygen atoms in total. The molecule has 0 aromatic heterocycles. The van der Waals surface area contributed by atoms with E-state index in [2.05, 4.69) is 0 Å². The molecule has 0 aliphatic heterocycles. The van der Waals surface area contributed by atoms with Gasteiger partial charge in [-0.1, -0.05) is 0 Å². The third-order valence-corrected chi connectivity index (χ3v) is 3.40. The Morgan fingerprint density at radius 2 is 0.773 bits per heavy atom. The number of allylic oxidation sites excluding steroid dienone is 4. The van der Waals surface area contributed by atoms with Crippen molar-refractivity contribution in [1.82, 2.24) is 0 Å². The van der Waals surface area contributed by atoms with Gasteiger partial charge in [-0.15, -0.1) is 0 Å². The summed E-state index contributed by atoms with van der Waals surface area (Å²) in [5.41, 5.74) is -18.5. The molecule has 0 spiro atoms. The summed E-state index contributed by atoms with van der Waals surface area (Å²) in [6.45, 7) is 0. The summed E-state index contributed by atoms with van der Waals surface area (Å²) in [5.74, 6) is -12.7. The van der Waals surface area contributed by atoms with Crippen LogP contribution in [0, 0.1) is 0 Å². The molecule has 0 radical (unpaired) electrons. The molecule has 22 heavy (non-hydrogen) atoms. The average molecular weight is 350 g/mol. The van der Waals surface area contributed by atoms with Crippen molar-refractivity contribution >= 4 is 0 Å². The number of hydrogen-bond acceptors (Lipinski definition) is 0. The van der Waals surface area contributed by atoms with Gasteiger partial charge >= 0.3 is 24.2 Å². The first kappa shape index (κ1) is 17.0. The molecular formula is C10H2F12. The lowest BCUT2D eigenvalue weighted by molar-refractivity contribution is -0.317. The van der Waals surface area contributed by atoms with Crippen LogP contribution in [-0.2, 0) is 0 Å². The summed E-state index contributed by atoms with van der Waals surface area (Å²) in [5, 5.41) is 0. The van der Waals surface area contributed by atoms with Crippen LogP contribution in [0.5, 0.6) is 0 Å². The van der Waals surface area contributed by atoms with Gasteiger partial charge in [0.2, 0.25) is 11.3 Å². The highest BCUT2D eigenvalue weighted by Crippen LogP contribution is 2.68. The van der Waals surface area contributed by atoms with E-state index in [-0.39, 0.29) is 0 Å². The normalized spacial score (nSPS) is 36.9. The minimum Gasteiger partial charge on any atom is -0.227 e. The molecule has 12 heteroatoms. The van der Waals surface area contributed by atoms with Crippen LogP contribution in [0.15, 0.2) is 23.3 Å². The minimum absolute atomic E-state index is 0.956. The zero-order valence-electron chi connectivity index (χ0n) is 9.69. The van der Waals surface area contributed by atoms with Crippen molar-refractivity contribution in [3.05, 3.63) is 23.3 Å². The van der Waals surface area contributed by atoms with E-state index < -0.39 is 58.8 Å². The quantitative estimate of drug-likeness (QED) is 0.440. The number of rotatable bonds is 0. The SMILES string of the molecule is FC(F)(F)C1=C(C(F)(F)F)C2(F)C=CC1(F)C(F)(F)C2(F)F. The molecular weight excluding hydrogens is 348 g/mol. The summed E-state index contributed by atoms with van der Waals surface area (Å²) in [6, 6.07) is 0. The van der Waals surface area contributed by atoms with Crippen molar-refractivity contribution in [2.75, 3.05) is 0 Å². The van der Waals surface area contributed by atoms with E-state index in [9.17, 15) is 52.7 Å². The first-order valence-corrected chi connectivity index (χ1v) is 5.18. The lowest BCUT2D eigenvalue weighted by Crippen LogP contribution is -2.74. The minimum atomic E-state index is -6.46. The van der Waals surface area contributed by atoms with Gasteiger partial charge in [0.15, 0.2) is 0 Å². The topological polar surface area (TPSA) is 0 Å².